The monoisotopic (exact) mass is 392 g/mol. The number of hydrogen-bond acceptors (Lipinski definition) is 6. The van der Waals surface area contributed by atoms with Gasteiger partial charge in [-0.1, -0.05) is 0 Å². The fraction of sp³-hybridized carbons (Fsp3) is 0.476. The number of hydrogen-bond donors (Lipinski definition) is 5. The number of aromatic amines is 2. The molecule has 7 rings (SSSR count). The van der Waals surface area contributed by atoms with Gasteiger partial charge in [0.2, 0.25) is 5.95 Å². The Balaban J connectivity index is 1.21. The van der Waals surface area contributed by atoms with Crippen LogP contribution in [0.25, 0.3) is 11.0 Å². The van der Waals surface area contributed by atoms with Crippen molar-refractivity contribution in [3.8, 4) is 0 Å². The van der Waals surface area contributed by atoms with Crippen molar-refractivity contribution < 1.29 is 5.11 Å². The Kier molecular flexibility index (Phi) is 3.56. The standard InChI is InChI=1S/C21H24N6O2/c28-20-24-15-2-1-14(7-16(15)25-20)23-19-22-4-3-17(27-19)26-18-12-5-11-6-13(18)10-21(29,8-11)9-12/h1-4,7,11-13,18,29H,5-6,8-10H2,(H2,24,25,28)(H2,22,23,26,27)/t11?,12?,13?,18-,21-. The first-order chi connectivity index (χ1) is 14.0. The Morgan fingerprint density at radius 1 is 1.07 bits per heavy atom. The van der Waals surface area contributed by atoms with E-state index in [0.29, 0.717) is 29.7 Å². The van der Waals surface area contributed by atoms with Gasteiger partial charge in [0.05, 0.1) is 16.6 Å². The Morgan fingerprint density at radius 2 is 1.86 bits per heavy atom. The third-order valence-corrected chi connectivity index (χ3v) is 6.98. The molecule has 1 aromatic carbocycles. The maximum atomic E-state index is 11.4. The molecular formula is C21H24N6O2. The Labute approximate surface area is 167 Å². The number of imidazole rings is 1. The van der Waals surface area contributed by atoms with Crippen LogP contribution in [0.1, 0.15) is 32.1 Å². The van der Waals surface area contributed by atoms with Gasteiger partial charge in [-0.25, -0.2) is 9.78 Å². The van der Waals surface area contributed by atoms with Gasteiger partial charge >= 0.3 is 5.69 Å². The molecule has 4 fully saturated rings. The summed E-state index contributed by atoms with van der Waals surface area (Å²) in [5.74, 6) is 3.04. The summed E-state index contributed by atoms with van der Waals surface area (Å²) in [4.78, 5) is 25.9. The Bertz CT molecular complexity index is 1120. The van der Waals surface area contributed by atoms with E-state index in [0.717, 1.165) is 41.8 Å². The number of aromatic nitrogens is 4. The first kappa shape index (κ1) is 17.0. The van der Waals surface area contributed by atoms with Crippen molar-refractivity contribution in [1.82, 2.24) is 19.9 Å². The molecule has 8 heteroatoms. The van der Waals surface area contributed by atoms with E-state index in [1.807, 2.05) is 24.3 Å². The fourth-order valence-electron chi connectivity index (χ4n) is 6.13. The molecule has 4 aliphatic rings. The molecule has 150 valence electrons. The molecule has 4 saturated carbocycles. The molecule has 8 nitrogen and oxygen atoms in total. The maximum Gasteiger partial charge on any atom is 0.323 e. The molecule has 0 amide bonds. The highest BCUT2D eigenvalue weighted by atomic mass is 16.3. The van der Waals surface area contributed by atoms with E-state index < -0.39 is 5.60 Å². The van der Waals surface area contributed by atoms with Crippen LogP contribution in [0.5, 0.6) is 0 Å². The van der Waals surface area contributed by atoms with E-state index in [1.165, 1.54) is 12.8 Å². The van der Waals surface area contributed by atoms with Gasteiger partial charge in [0, 0.05) is 17.9 Å². The summed E-state index contributed by atoms with van der Waals surface area (Å²) in [7, 11) is 0. The largest absolute Gasteiger partial charge is 0.390 e. The molecule has 0 saturated heterocycles. The predicted octanol–water partition coefficient (Wildman–Crippen LogP) is 2.74. The van der Waals surface area contributed by atoms with Crippen LogP contribution < -0.4 is 16.3 Å². The molecule has 0 spiro atoms. The lowest BCUT2D eigenvalue weighted by Gasteiger charge is -2.58. The molecule has 2 atom stereocenters. The zero-order valence-electron chi connectivity index (χ0n) is 16.0. The summed E-state index contributed by atoms with van der Waals surface area (Å²) in [6.07, 6.45) is 6.97. The topological polar surface area (TPSA) is 119 Å². The van der Waals surface area contributed by atoms with Crippen LogP contribution >= 0.6 is 0 Å². The van der Waals surface area contributed by atoms with Crippen LogP contribution in [0, 0.1) is 17.8 Å². The predicted molar refractivity (Wildman–Crippen MR) is 110 cm³/mol. The summed E-state index contributed by atoms with van der Waals surface area (Å²) in [5, 5.41) is 17.6. The number of benzene rings is 1. The Morgan fingerprint density at radius 3 is 2.66 bits per heavy atom. The number of nitrogens with one attached hydrogen (secondary N) is 4. The zero-order chi connectivity index (χ0) is 19.6. The van der Waals surface area contributed by atoms with Crippen LogP contribution in [0.3, 0.4) is 0 Å². The summed E-state index contributed by atoms with van der Waals surface area (Å²) in [6.45, 7) is 0. The normalized spacial score (nSPS) is 32.6. The van der Waals surface area contributed by atoms with Gasteiger partial charge in [-0.2, -0.15) is 4.98 Å². The number of fused-ring (bicyclic) bond motifs is 1. The van der Waals surface area contributed by atoms with Gasteiger partial charge in [0.25, 0.3) is 0 Å². The van der Waals surface area contributed by atoms with Crippen LogP contribution in [-0.2, 0) is 0 Å². The smallest absolute Gasteiger partial charge is 0.323 e. The molecule has 3 aromatic rings. The van der Waals surface area contributed by atoms with Crippen molar-refractivity contribution in [3.63, 3.8) is 0 Å². The van der Waals surface area contributed by atoms with E-state index in [-0.39, 0.29) is 5.69 Å². The van der Waals surface area contributed by atoms with Gasteiger partial charge in [-0.15, -0.1) is 0 Å². The highest BCUT2D eigenvalue weighted by Gasteiger charge is 2.54. The van der Waals surface area contributed by atoms with Crippen molar-refractivity contribution in [2.75, 3.05) is 10.6 Å². The van der Waals surface area contributed by atoms with Crippen molar-refractivity contribution in [1.29, 1.82) is 0 Å². The third-order valence-electron chi connectivity index (χ3n) is 6.98. The SMILES string of the molecule is O=c1[nH]c2ccc(Nc3nccc(N[C@H]4C5CC6CC4C[C@](O)(C6)C5)n3)cc2[nH]1. The van der Waals surface area contributed by atoms with Gasteiger partial charge in [-0.05, 0) is 74.1 Å². The van der Waals surface area contributed by atoms with Gasteiger partial charge in [-0.3, -0.25) is 0 Å². The van der Waals surface area contributed by atoms with Gasteiger partial charge < -0.3 is 25.7 Å². The lowest BCUT2D eigenvalue weighted by molar-refractivity contribution is -0.129. The van der Waals surface area contributed by atoms with Gasteiger partial charge in [0.15, 0.2) is 0 Å². The molecule has 2 unspecified atom stereocenters. The Hall–Kier alpha value is -2.87. The van der Waals surface area contributed by atoms with Crippen LogP contribution in [0.15, 0.2) is 35.3 Å². The second kappa shape index (κ2) is 6.06. The van der Waals surface area contributed by atoms with Crippen molar-refractivity contribution >= 4 is 28.5 Å². The lowest BCUT2D eigenvalue weighted by atomic mass is 9.52. The van der Waals surface area contributed by atoms with Crippen molar-refractivity contribution in [3.05, 3.63) is 40.9 Å². The lowest BCUT2D eigenvalue weighted by Crippen LogP contribution is -2.59. The quantitative estimate of drug-likeness (QED) is 0.466. The molecule has 29 heavy (non-hydrogen) atoms. The third kappa shape index (κ3) is 2.98. The summed E-state index contributed by atoms with van der Waals surface area (Å²) < 4.78 is 0. The van der Waals surface area contributed by atoms with Crippen molar-refractivity contribution in [2.24, 2.45) is 17.8 Å². The van der Waals surface area contributed by atoms with E-state index in [1.54, 1.807) is 6.20 Å². The molecule has 4 aliphatic carbocycles. The van der Waals surface area contributed by atoms with Gasteiger partial charge in [0.1, 0.15) is 5.82 Å². The van der Waals surface area contributed by atoms with E-state index in [9.17, 15) is 9.90 Å². The molecule has 0 radical (unpaired) electrons. The highest BCUT2D eigenvalue weighted by molar-refractivity contribution is 5.79. The summed E-state index contributed by atoms with van der Waals surface area (Å²) >= 11 is 0. The summed E-state index contributed by atoms with van der Waals surface area (Å²) in [6, 6.07) is 7.86. The van der Waals surface area contributed by atoms with E-state index in [4.69, 9.17) is 0 Å². The van der Waals surface area contributed by atoms with Crippen molar-refractivity contribution in [2.45, 2.75) is 43.7 Å². The van der Waals surface area contributed by atoms with Crippen LogP contribution in [0.2, 0.25) is 0 Å². The number of H-pyrrole nitrogens is 2. The minimum Gasteiger partial charge on any atom is -0.390 e. The highest BCUT2D eigenvalue weighted by Crippen LogP contribution is 2.56. The maximum absolute atomic E-state index is 11.4. The van der Waals surface area contributed by atoms with Crippen LogP contribution in [-0.4, -0.2) is 36.7 Å². The average Bonchev–Trinajstić information content (AvgIpc) is 3.03. The second-order valence-corrected chi connectivity index (χ2v) is 9.09. The number of rotatable bonds is 4. The molecule has 2 heterocycles. The zero-order valence-corrected chi connectivity index (χ0v) is 16.0. The fourth-order valence-corrected chi connectivity index (χ4v) is 6.13. The second-order valence-electron chi connectivity index (χ2n) is 9.09. The first-order valence-electron chi connectivity index (χ1n) is 10.3. The summed E-state index contributed by atoms with van der Waals surface area (Å²) in [5.41, 5.74) is 1.66. The minimum absolute atomic E-state index is 0.222. The molecule has 0 aliphatic heterocycles. The average molecular weight is 392 g/mol. The molecular weight excluding hydrogens is 368 g/mol. The van der Waals surface area contributed by atoms with E-state index in [2.05, 4.69) is 30.6 Å². The molecule has 5 N–H and O–H groups in total. The molecule has 2 aromatic heterocycles. The first-order valence-corrected chi connectivity index (χ1v) is 10.3. The number of anilines is 3. The van der Waals surface area contributed by atoms with E-state index >= 15 is 0 Å². The number of nitrogens with zero attached hydrogens (tertiary/aromatic N) is 2. The number of aliphatic hydroxyl groups is 1. The van der Waals surface area contributed by atoms with Crippen LogP contribution in [0.4, 0.5) is 17.5 Å². The minimum atomic E-state index is -0.426. The molecule has 4 bridgehead atoms.